The summed E-state index contributed by atoms with van der Waals surface area (Å²) in [6.07, 6.45) is 1.65. The van der Waals surface area contributed by atoms with Crippen LogP contribution in [0.25, 0.3) is 10.9 Å². The normalized spacial score (nSPS) is 10.6. The fraction of sp³-hybridized carbons (Fsp3) is 0.100. The minimum absolute atomic E-state index is 0.130. The third kappa shape index (κ3) is 1.04. The Hall–Kier alpha value is -1.97. The van der Waals surface area contributed by atoms with Gasteiger partial charge in [-0.25, -0.2) is 0 Å². The molecule has 2 aromatic rings. The standard InChI is InChI=1S/C10H9NO3/c1-5(12)8-9-6(2-3-11-9)4-7(13)10(8)14/h2-4,11,13-14H,1H3. The summed E-state index contributed by atoms with van der Waals surface area (Å²) in [5.74, 6) is -0.930. The van der Waals surface area contributed by atoms with Crippen molar-refractivity contribution in [3.05, 3.63) is 23.9 Å². The second kappa shape index (κ2) is 2.77. The van der Waals surface area contributed by atoms with Crippen LogP contribution in [0.3, 0.4) is 0 Å². The number of fused-ring (bicyclic) bond motifs is 1. The van der Waals surface area contributed by atoms with Crippen molar-refractivity contribution in [2.24, 2.45) is 0 Å². The van der Waals surface area contributed by atoms with Gasteiger partial charge in [-0.2, -0.15) is 0 Å². The second-order valence-electron chi connectivity index (χ2n) is 3.12. The fourth-order valence-electron chi connectivity index (χ4n) is 1.52. The van der Waals surface area contributed by atoms with Crippen LogP contribution in [0.15, 0.2) is 18.3 Å². The van der Waals surface area contributed by atoms with Gasteiger partial charge in [0.2, 0.25) is 0 Å². The Morgan fingerprint density at radius 1 is 1.43 bits per heavy atom. The summed E-state index contributed by atoms with van der Waals surface area (Å²) in [5.41, 5.74) is 0.679. The molecule has 1 aromatic heterocycles. The molecular weight excluding hydrogens is 182 g/mol. The number of Topliss-reactive ketones (excluding diaryl/α,β-unsaturated/α-hetero) is 1. The van der Waals surface area contributed by atoms with Crippen molar-refractivity contribution >= 4 is 16.7 Å². The van der Waals surface area contributed by atoms with Crippen LogP contribution >= 0.6 is 0 Å². The predicted octanol–water partition coefficient (Wildman–Crippen LogP) is 1.78. The van der Waals surface area contributed by atoms with Crippen LogP contribution in [-0.4, -0.2) is 21.0 Å². The number of aromatic amines is 1. The maximum absolute atomic E-state index is 11.2. The number of benzene rings is 1. The molecule has 0 aliphatic rings. The van der Waals surface area contributed by atoms with Crippen molar-refractivity contribution in [2.75, 3.05) is 0 Å². The Morgan fingerprint density at radius 3 is 2.79 bits per heavy atom. The highest BCUT2D eigenvalue weighted by Gasteiger charge is 2.16. The first-order chi connectivity index (χ1) is 6.61. The molecule has 0 spiro atoms. The van der Waals surface area contributed by atoms with E-state index >= 15 is 0 Å². The fourth-order valence-corrected chi connectivity index (χ4v) is 1.52. The molecule has 0 bridgehead atoms. The van der Waals surface area contributed by atoms with Crippen LogP contribution in [-0.2, 0) is 0 Å². The van der Waals surface area contributed by atoms with Gasteiger partial charge in [-0.15, -0.1) is 0 Å². The van der Waals surface area contributed by atoms with E-state index in [0.717, 1.165) is 0 Å². The van der Waals surface area contributed by atoms with Crippen molar-refractivity contribution in [3.63, 3.8) is 0 Å². The van der Waals surface area contributed by atoms with Gasteiger partial charge in [-0.1, -0.05) is 0 Å². The van der Waals surface area contributed by atoms with E-state index in [1.165, 1.54) is 13.0 Å². The summed E-state index contributed by atoms with van der Waals surface area (Å²) in [5, 5.41) is 19.5. The number of nitrogens with one attached hydrogen (secondary N) is 1. The number of carbonyl (C=O) groups is 1. The van der Waals surface area contributed by atoms with E-state index in [1.807, 2.05) is 0 Å². The molecule has 0 fully saturated rings. The Bertz CT molecular complexity index is 513. The average molecular weight is 191 g/mol. The minimum Gasteiger partial charge on any atom is -0.504 e. The molecule has 4 nitrogen and oxygen atoms in total. The molecule has 0 saturated heterocycles. The van der Waals surface area contributed by atoms with Crippen LogP contribution in [0.2, 0.25) is 0 Å². The summed E-state index contributed by atoms with van der Waals surface area (Å²) in [7, 11) is 0. The Morgan fingerprint density at radius 2 is 2.14 bits per heavy atom. The van der Waals surface area contributed by atoms with Gasteiger partial charge in [0.15, 0.2) is 17.3 Å². The number of rotatable bonds is 1. The molecule has 3 N–H and O–H groups in total. The predicted molar refractivity (Wildman–Crippen MR) is 51.6 cm³/mol. The summed E-state index contributed by atoms with van der Waals surface area (Å²) in [6, 6.07) is 3.13. The molecule has 0 amide bonds. The van der Waals surface area contributed by atoms with E-state index in [0.29, 0.717) is 10.9 Å². The SMILES string of the molecule is CC(=O)c1c(O)c(O)cc2cc[nH]c12. The first-order valence-corrected chi connectivity index (χ1v) is 4.14. The highest BCUT2D eigenvalue weighted by Crippen LogP contribution is 2.35. The van der Waals surface area contributed by atoms with Crippen LogP contribution in [0.5, 0.6) is 11.5 Å². The number of H-pyrrole nitrogens is 1. The summed E-state index contributed by atoms with van der Waals surface area (Å²) < 4.78 is 0. The lowest BCUT2D eigenvalue weighted by molar-refractivity contribution is 0.101. The lowest BCUT2D eigenvalue weighted by Gasteiger charge is -2.04. The zero-order chi connectivity index (χ0) is 10.3. The van der Waals surface area contributed by atoms with E-state index in [9.17, 15) is 15.0 Å². The van der Waals surface area contributed by atoms with Crippen molar-refractivity contribution in [1.29, 1.82) is 0 Å². The van der Waals surface area contributed by atoms with Crippen molar-refractivity contribution in [1.82, 2.24) is 4.98 Å². The molecule has 14 heavy (non-hydrogen) atoms. The van der Waals surface area contributed by atoms with Crippen LogP contribution in [0.1, 0.15) is 17.3 Å². The third-order valence-corrected chi connectivity index (χ3v) is 2.15. The average Bonchev–Trinajstić information content (AvgIpc) is 2.52. The zero-order valence-corrected chi connectivity index (χ0v) is 7.53. The highest BCUT2D eigenvalue weighted by atomic mass is 16.3. The molecular formula is C10H9NO3. The van der Waals surface area contributed by atoms with Crippen molar-refractivity contribution < 1.29 is 15.0 Å². The quantitative estimate of drug-likeness (QED) is 0.475. The first kappa shape index (κ1) is 8.62. The molecule has 1 heterocycles. The molecule has 2 rings (SSSR count). The zero-order valence-electron chi connectivity index (χ0n) is 7.53. The van der Waals surface area contributed by atoms with E-state index in [2.05, 4.69) is 4.98 Å². The molecule has 1 aromatic carbocycles. The van der Waals surface area contributed by atoms with Gasteiger partial charge < -0.3 is 15.2 Å². The van der Waals surface area contributed by atoms with Gasteiger partial charge >= 0.3 is 0 Å². The molecule has 0 aliphatic heterocycles. The number of hydrogen-bond donors (Lipinski definition) is 3. The number of ketones is 1. The van der Waals surface area contributed by atoms with E-state index in [1.54, 1.807) is 12.3 Å². The third-order valence-electron chi connectivity index (χ3n) is 2.15. The van der Waals surface area contributed by atoms with E-state index in [-0.39, 0.29) is 22.8 Å². The summed E-state index contributed by atoms with van der Waals surface area (Å²) in [6.45, 7) is 1.34. The number of carbonyl (C=O) groups excluding carboxylic acids is 1. The molecule has 0 saturated carbocycles. The topological polar surface area (TPSA) is 73.3 Å². The molecule has 72 valence electrons. The monoisotopic (exact) mass is 191 g/mol. The largest absolute Gasteiger partial charge is 0.504 e. The van der Waals surface area contributed by atoms with Crippen LogP contribution in [0, 0.1) is 0 Å². The minimum atomic E-state index is -0.368. The van der Waals surface area contributed by atoms with E-state index < -0.39 is 0 Å². The van der Waals surface area contributed by atoms with Crippen LogP contribution in [0.4, 0.5) is 0 Å². The lowest BCUT2D eigenvalue weighted by Crippen LogP contribution is -1.94. The molecule has 0 atom stereocenters. The van der Waals surface area contributed by atoms with Gasteiger partial charge in [0.05, 0.1) is 11.1 Å². The van der Waals surface area contributed by atoms with Crippen molar-refractivity contribution in [3.8, 4) is 11.5 Å². The van der Waals surface area contributed by atoms with Gasteiger partial charge in [0.25, 0.3) is 0 Å². The van der Waals surface area contributed by atoms with Crippen LogP contribution < -0.4 is 0 Å². The van der Waals surface area contributed by atoms with Gasteiger partial charge in [-0.3, -0.25) is 4.79 Å². The number of phenols is 2. The maximum Gasteiger partial charge on any atom is 0.170 e. The van der Waals surface area contributed by atoms with Gasteiger partial charge in [-0.05, 0) is 19.1 Å². The van der Waals surface area contributed by atoms with Crippen molar-refractivity contribution in [2.45, 2.75) is 6.92 Å². The van der Waals surface area contributed by atoms with E-state index in [4.69, 9.17) is 0 Å². The first-order valence-electron chi connectivity index (χ1n) is 4.14. The highest BCUT2D eigenvalue weighted by molar-refractivity contribution is 6.09. The number of aromatic hydroxyl groups is 2. The summed E-state index contributed by atoms with van der Waals surface area (Å²) >= 11 is 0. The number of hydrogen-bond acceptors (Lipinski definition) is 3. The lowest BCUT2D eigenvalue weighted by atomic mass is 10.1. The molecule has 0 unspecified atom stereocenters. The molecule has 4 heteroatoms. The Labute approximate surface area is 79.8 Å². The molecule has 0 aliphatic carbocycles. The Kier molecular flexibility index (Phi) is 1.70. The summed E-state index contributed by atoms with van der Waals surface area (Å²) in [4.78, 5) is 14.1. The Balaban J connectivity index is 2.93. The maximum atomic E-state index is 11.2. The smallest absolute Gasteiger partial charge is 0.170 e. The number of aromatic nitrogens is 1. The van der Waals surface area contributed by atoms with Gasteiger partial charge in [0.1, 0.15) is 0 Å². The second-order valence-corrected chi connectivity index (χ2v) is 3.12. The number of phenolic OH excluding ortho intramolecular Hbond substituents is 2. The molecule has 0 radical (unpaired) electrons. The van der Waals surface area contributed by atoms with Gasteiger partial charge in [0, 0.05) is 11.6 Å².